The minimum Gasteiger partial charge on any atom is -0.395 e. The zero-order valence-corrected chi connectivity index (χ0v) is 24.5. The number of non-ortho nitro benzene ring substituents is 1. The van der Waals surface area contributed by atoms with Crippen molar-refractivity contribution in [3.63, 3.8) is 0 Å². The Balaban J connectivity index is 1.67. The largest absolute Gasteiger partial charge is 0.395 e. The van der Waals surface area contributed by atoms with E-state index in [-0.39, 0.29) is 23.7 Å². The second-order valence-corrected chi connectivity index (χ2v) is 10.9. The summed E-state index contributed by atoms with van der Waals surface area (Å²) in [5, 5.41) is 40.6. The number of carbonyl (C=O) groups excluding carboxylic acids is 1. The summed E-state index contributed by atoms with van der Waals surface area (Å²) in [6.45, 7) is 2.62. The third kappa shape index (κ3) is 12.7. The molecule has 0 aliphatic carbocycles. The Kier molecular flexibility index (Phi) is 16.8. The topological polar surface area (TPSA) is 178 Å². The molecule has 5 N–H and O–H groups in total. The van der Waals surface area contributed by atoms with Crippen molar-refractivity contribution in [3.8, 4) is 0 Å². The van der Waals surface area contributed by atoms with Gasteiger partial charge in [-0.3, -0.25) is 14.9 Å². The summed E-state index contributed by atoms with van der Waals surface area (Å²) in [4.78, 5) is 23.7. The van der Waals surface area contributed by atoms with Gasteiger partial charge in [-0.1, -0.05) is 70.4 Å². The Bertz CT molecular complexity index is 1060. The summed E-state index contributed by atoms with van der Waals surface area (Å²) in [6, 6.07) is 2.38. The molecule has 11 nitrogen and oxygen atoms in total. The van der Waals surface area contributed by atoms with E-state index in [1.807, 2.05) is 6.08 Å². The van der Waals surface area contributed by atoms with Crippen molar-refractivity contribution in [3.05, 3.63) is 34.4 Å². The normalized spacial score (nSPS) is 14.0. The molecule has 0 aliphatic heterocycles. The molecule has 0 aliphatic rings. The number of hydrogen-bond donors (Lipinski definition) is 4. The summed E-state index contributed by atoms with van der Waals surface area (Å²) in [6.07, 6.45) is 17.8. The molecule has 41 heavy (non-hydrogen) atoms. The van der Waals surface area contributed by atoms with Gasteiger partial charge in [0.2, 0.25) is 5.52 Å². The lowest BCUT2D eigenvalue weighted by Crippen LogP contribution is -2.36. The summed E-state index contributed by atoms with van der Waals surface area (Å²) in [7, 11) is 0. The van der Waals surface area contributed by atoms with E-state index in [1.165, 1.54) is 25.3 Å². The minimum absolute atomic E-state index is 0.131. The van der Waals surface area contributed by atoms with Crippen molar-refractivity contribution < 1.29 is 24.6 Å². The number of carbonyl (C=O) groups is 1. The number of nitrogens with zero attached hydrogens (tertiary/aromatic N) is 3. The fourth-order valence-electron chi connectivity index (χ4n) is 4.95. The number of benzene rings is 1. The first kappa shape index (κ1) is 34.3. The molecular weight excluding hydrogens is 526 g/mol. The predicted molar refractivity (Wildman–Crippen MR) is 161 cm³/mol. The van der Waals surface area contributed by atoms with Gasteiger partial charge >= 0.3 is 5.69 Å². The van der Waals surface area contributed by atoms with Crippen LogP contribution in [-0.2, 0) is 4.79 Å². The average Bonchev–Trinajstić information content (AvgIpc) is 3.46. The molecule has 1 aromatic carbocycles. The Morgan fingerprint density at radius 1 is 1.05 bits per heavy atom. The first-order chi connectivity index (χ1) is 19.9. The lowest BCUT2D eigenvalue weighted by atomic mass is 9.88. The van der Waals surface area contributed by atoms with Gasteiger partial charge in [-0.05, 0) is 54.9 Å². The lowest BCUT2D eigenvalue weighted by Gasteiger charge is -2.16. The lowest BCUT2D eigenvalue weighted by molar-refractivity contribution is -0.383. The molecule has 3 unspecified atom stereocenters. The van der Waals surface area contributed by atoms with Crippen molar-refractivity contribution in [1.82, 2.24) is 10.3 Å². The van der Waals surface area contributed by atoms with Crippen LogP contribution in [0.3, 0.4) is 0 Å². The van der Waals surface area contributed by atoms with Crippen LogP contribution in [0.5, 0.6) is 0 Å². The highest BCUT2D eigenvalue weighted by Gasteiger charge is 2.20. The van der Waals surface area contributed by atoms with Crippen LogP contribution in [0.1, 0.15) is 103 Å². The fourth-order valence-corrected chi connectivity index (χ4v) is 4.95. The van der Waals surface area contributed by atoms with E-state index in [0.29, 0.717) is 30.0 Å². The number of hydrogen-bond acceptors (Lipinski definition) is 10. The zero-order chi connectivity index (χ0) is 29.9. The number of nitrogens with two attached hydrogens (primary N) is 1. The second-order valence-electron chi connectivity index (χ2n) is 10.9. The summed E-state index contributed by atoms with van der Waals surface area (Å²) in [5.74, 6) is 0.533. The number of aliphatic hydroxyl groups excluding tert-OH is 2. The van der Waals surface area contributed by atoms with Crippen molar-refractivity contribution in [2.24, 2.45) is 11.7 Å². The highest BCUT2D eigenvalue weighted by molar-refractivity contribution is 5.93. The monoisotopic (exact) mass is 575 g/mol. The van der Waals surface area contributed by atoms with E-state index in [9.17, 15) is 20.0 Å². The number of anilines is 1. The van der Waals surface area contributed by atoms with Crippen LogP contribution in [0.15, 0.2) is 28.9 Å². The van der Waals surface area contributed by atoms with E-state index < -0.39 is 17.1 Å². The SMILES string of the molecule is CCCCCCC(CCCCCCC=CC(O)C(N)CO)C(=O)CCCCCNc1ccc([N+](=O)[O-])c2nonc12. The van der Waals surface area contributed by atoms with Crippen LogP contribution in [0, 0.1) is 16.0 Å². The molecule has 0 fully saturated rings. The first-order valence-corrected chi connectivity index (χ1v) is 15.3. The molecule has 0 radical (unpaired) electrons. The van der Waals surface area contributed by atoms with Gasteiger partial charge in [-0.25, -0.2) is 4.63 Å². The van der Waals surface area contributed by atoms with Gasteiger partial charge in [0, 0.05) is 24.9 Å². The molecule has 0 bridgehead atoms. The molecule has 0 saturated carbocycles. The second kappa shape index (κ2) is 20.1. The van der Waals surface area contributed by atoms with E-state index >= 15 is 0 Å². The number of allylic oxidation sites excluding steroid dienone is 1. The maximum atomic E-state index is 13.1. The van der Waals surface area contributed by atoms with Crippen molar-refractivity contribution in [2.45, 2.75) is 115 Å². The van der Waals surface area contributed by atoms with Gasteiger partial charge in [0.1, 0.15) is 5.78 Å². The van der Waals surface area contributed by atoms with Gasteiger partial charge in [0.15, 0.2) is 5.52 Å². The molecule has 2 aromatic rings. The smallest absolute Gasteiger partial charge is 0.300 e. The molecule has 3 atom stereocenters. The van der Waals surface area contributed by atoms with E-state index in [4.69, 9.17) is 15.5 Å². The number of nitro groups is 1. The number of Topliss-reactive ketones (excluding diaryl/α,β-unsaturated/α-hetero) is 1. The van der Waals surface area contributed by atoms with Gasteiger partial charge in [-0.15, -0.1) is 0 Å². The Morgan fingerprint density at radius 3 is 2.44 bits per heavy atom. The average molecular weight is 576 g/mol. The standard InChI is InChI=1S/C30H49N5O6/c1-2-3-4-10-15-23(16-11-7-5-6-8-12-18-28(38)24(31)22-36)27(37)17-13-9-14-21-32-25-19-20-26(35(39)40)30-29(25)33-41-34-30/h12,18-20,23-24,28,32,36,38H,2-11,13-17,21-22,31H2,1H3. The van der Waals surface area contributed by atoms with E-state index in [0.717, 1.165) is 70.6 Å². The zero-order valence-electron chi connectivity index (χ0n) is 24.5. The van der Waals surface area contributed by atoms with Crippen LogP contribution in [0.2, 0.25) is 0 Å². The number of unbranched alkanes of at least 4 members (excludes halogenated alkanes) is 9. The maximum Gasteiger partial charge on any atom is 0.300 e. The number of aromatic nitrogens is 2. The number of nitro benzene ring substituents is 1. The molecule has 0 saturated heterocycles. The number of fused-ring (bicyclic) bond motifs is 1. The molecule has 2 rings (SSSR count). The van der Waals surface area contributed by atoms with Gasteiger partial charge in [-0.2, -0.15) is 0 Å². The van der Waals surface area contributed by atoms with Crippen molar-refractivity contribution in [2.75, 3.05) is 18.5 Å². The molecule has 11 heteroatoms. The molecule has 230 valence electrons. The molecular formula is C30H49N5O6. The van der Waals surface area contributed by atoms with Gasteiger partial charge in [0.25, 0.3) is 0 Å². The predicted octanol–water partition coefficient (Wildman–Crippen LogP) is 5.84. The van der Waals surface area contributed by atoms with Crippen LogP contribution < -0.4 is 11.1 Å². The molecule has 1 heterocycles. The Labute approximate surface area is 243 Å². The Hall–Kier alpha value is -2.89. The number of aliphatic hydroxyl groups is 2. The minimum atomic E-state index is -0.811. The van der Waals surface area contributed by atoms with E-state index in [1.54, 1.807) is 12.1 Å². The Morgan fingerprint density at radius 2 is 1.73 bits per heavy atom. The number of ketones is 1. The van der Waals surface area contributed by atoms with Crippen LogP contribution >= 0.6 is 0 Å². The molecule has 0 amide bonds. The third-order valence-electron chi connectivity index (χ3n) is 7.52. The van der Waals surface area contributed by atoms with Gasteiger partial charge in [0.05, 0.1) is 29.4 Å². The number of rotatable bonds is 24. The summed E-state index contributed by atoms with van der Waals surface area (Å²) < 4.78 is 4.70. The quantitative estimate of drug-likeness (QED) is 0.0514. The van der Waals surface area contributed by atoms with E-state index in [2.05, 4.69) is 22.6 Å². The van der Waals surface area contributed by atoms with Crippen LogP contribution in [0.25, 0.3) is 11.0 Å². The van der Waals surface area contributed by atoms with Gasteiger partial charge < -0.3 is 21.3 Å². The highest BCUT2D eigenvalue weighted by Crippen LogP contribution is 2.28. The highest BCUT2D eigenvalue weighted by atomic mass is 16.6. The fraction of sp³-hybridized carbons (Fsp3) is 0.700. The number of nitrogens with one attached hydrogen (secondary N) is 1. The van der Waals surface area contributed by atoms with Crippen LogP contribution in [-0.4, -0.2) is 56.5 Å². The first-order valence-electron chi connectivity index (χ1n) is 15.3. The third-order valence-corrected chi connectivity index (χ3v) is 7.52. The summed E-state index contributed by atoms with van der Waals surface area (Å²) >= 11 is 0. The summed E-state index contributed by atoms with van der Waals surface area (Å²) in [5.41, 5.74) is 6.58. The molecule has 0 spiro atoms. The van der Waals surface area contributed by atoms with Crippen LogP contribution in [0.4, 0.5) is 11.4 Å². The maximum absolute atomic E-state index is 13.1. The van der Waals surface area contributed by atoms with Crippen molar-refractivity contribution in [1.29, 1.82) is 0 Å². The molecule has 1 aromatic heterocycles. The van der Waals surface area contributed by atoms with Crippen molar-refractivity contribution >= 4 is 28.2 Å².